The van der Waals surface area contributed by atoms with Crippen molar-refractivity contribution in [3.05, 3.63) is 35.9 Å². The Balaban J connectivity index is 2.95. The molecule has 0 fully saturated rings. The molecule has 1 aromatic rings. The van der Waals surface area contributed by atoms with Gasteiger partial charge in [0.1, 0.15) is 5.54 Å². The Morgan fingerprint density at radius 2 is 1.95 bits per heavy atom. The van der Waals surface area contributed by atoms with Gasteiger partial charge in [-0.05, 0) is 11.5 Å². The lowest BCUT2D eigenvalue weighted by atomic mass is 9.89. The number of carbonyl (C=O) groups is 1. The lowest BCUT2D eigenvalue weighted by molar-refractivity contribution is -0.124. The molecule has 1 unspecified atom stereocenters. The summed E-state index contributed by atoms with van der Waals surface area (Å²) in [7, 11) is 1.66. The highest BCUT2D eigenvalue weighted by Crippen LogP contribution is 2.20. The van der Waals surface area contributed by atoms with Crippen LogP contribution in [0.2, 0.25) is 0 Å². The maximum absolute atomic E-state index is 12.0. The van der Waals surface area contributed by atoms with Crippen LogP contribution in [0.5, 0.6) is 0 Å². The summed E-state index contributed by atoms with van der Waals surface area (Å²) in [5, 5.41) is 0. The minimum Gasteiger partial charge on any atom is -0.383 e. The Morgan fingerprint density at radius 1 is 1.33 bits per heavy atom. The smallest absolute Gasteiger partial charge is 0.243 e. The Hall–Kier alpha value is -1.43. The normalized spacial score (nSPS) is 14.4. The summed E-state index contributed by atoms with van der Waals surface area (Å²) < 4.78 is 5.14. The third-order valence-electron chi connectivity index (χ3n) is 3.44. The molecule has 0 aliphatic rings. The molecule has 1 atom stereocenters. The first-order chi connectivity index (χ1) is 9.90. The third kappa shape index (κ3) is 5.12. The number of primary amides is 1. The van der Waals surface area contributed by atoms with Gasteiger partial charge in [-0.15, -0.1) is 0 Å². The number of nitrogens with two attached hydrogens (primary N) is 2. The Morgan fingerprint density at radius 3 is 2.43 bits per heavy atom. The van der Waals surface area contributed by atoms with Crippen LogP contribution in [0.15, 0.2) is 30.3 Å². The van der Waals surface area contributed by atoms with Crippen LogP contribution >= 0.6 is 0 Å². The molecule has 0 saturated heterocycles. The van der Waals surface area contributed by atoms with E-state index < -0.39 is 11.4 Å². The molecule has 0 aliphatic carbocycles. The van der Waals surface area contributed by atoms with Crippen molar-refractivity contribution in [3.63, 3.8) is 0 Å². The van der Waals surface area contributed by atoms with Gasteiger partial charge in [0.05, 0.1) is 6.61 Å². The van der Waals surface area contributed by atoms with E-state index in [1.165, 1.54) is 0 Å². The van der Waals surface area contributed by atoms with Crippen molar-refractivity contribution >= 4 is 5.91 Å². The summed E-state index contributed by atoms with van der Waals surface area (Å²) in [5.41, 5.74) is 11.5. The highest BCUT2D eigenvalue weighted by Gasteiger charge is 2.36. The third-order valence-corrected chi connectivity index (χ3v) is 3.44. The molecule has 0 aliphatic heterocycles. The number of rotatable bonds is 9. The molecule has 5 heteroatoms. The summed E-state index contributed by atoms with van der Waals surface area (Å²) in [6.07, 6.45) is 0. The van der Waals surface area contributed by atoms with Crippen LogP contribution in [0.4, 0.5) is 0 Å². The van der Waals surface area contributed by atoms with E-state index in [2.05, 4.69) is 18.7 Å². The first-order valence-corrected chi connectivity index (χ1v) is 7.25. The number of hydrogen-bond donors (Lipinski definition) is 2. The number of nitrogens with zero attached hydrogens (tertiary/aromatic N) is 1. The van der Waals surface area contributed by atoms with Crippen molar-refractivity contribution in [1.29, 1.82) is 0 Å². The summed E-state index contributed by atoms with van der Waals surface area (Å²) in [6, 6.07) is 9.30. The van der Waals surface area contributed by atoms with Crippen molar-refractivity contribution in [2.24, 2.45) is 17.4 Å². The van der Waals surface area contributed by atoms with Crippen molar-refractivity contribution in [2.45, 2.75) is 19.4 Å². The zero-order valence-electron chi connectivity index (χ0n) is 13.2. The van der Waals surface area contributed by atoms with Crippen molar-refractivity contribution in [3.8, 4) is 0 Å². The minimum atomic E-state index is -1.19. The SMILES string of the molecule is COCCN(CC(C)C)CC(N)(C(N)=O)c1ccccc1. The number of amides is 1. The monoisotopic (exact) mass is 293 g/mol. The van der Waals surface area contributed by atoms with E-state index in [1.54, 1.807) is 7.11 Å². The van der Waals surface area contributed by atoms with Crippen LogP contribution in [-0.4, -0.2) is 44.2 Å². The van der Waals surface area contributed by atoms with Gasteiger partial charge in [0.25, 0.3) is 0 Å². The van der Waals surface area contributed by atoms with Gasteiger partial charge in [-0.3, -0.25) is 9.69 Å². The van der Waals surface area contributed by atoms with E-state index in [1.807, 2.05) is 30.3 Å². The molecule has 0 aromatic heterocycles. The van der Waals surface area contributed by atoms with E-state index in [0.29, 0.717) is 25.6 Å². The summed E-state index contributed by atoms with van der Waals surface area (Å²) in [5.74, 6) is -0.0466. The van der Waals surface area contributed by atoms with Gasteiger partial charge in [-0.1, -0.05) is 44.2 Å². The minimum absolute atomic E-state index is 0.383. The van der Waals surface area contributed by atoms with E-state index in [-0.39, 0.29) is 0 Å². The van der Waals surface area contributed by atoms with Crippen LogP contribution in [0, 0.1) is 5.92 Å². The fraction of sp³-hybridized carbons (Fsp3) is 0.562. The Labute approximate surface area is 127 Å². The predicted molar refractivity (Wildman–Crippen MR) is 84.7 cm³/mol. The molecule has 1 aromatic carbocycles. The van der Waals surface area contributed by atoms with Crippen molar-refractivity contribution in [2.75, 3.05) is 33.4 Å². The Bertz CT molecular complexity index is 436. The zero-order valence-corrected chi connectivity index (χ0v) is 13.2. The van der Waals surface area contributed by atoms with Gasteiger partial charge in [0.2, 0.25) is 5.91 Å². The van der Waals surface area contributed by atoms with Gasteiger partial charge in [0.15, 0.2) is 0 Å². The maximum atomic E-state index is 12.0. The molecule has 0 heterocycles. The van der Waals surface area contributed by atoms with Crippen LogP contribution < -0.4 is 11.5 Å². The van der Waals surface area contributed by atoms with E-state index >= 15 is 0 Å². The zero-order chi connectivity index (χ0) is 15.9. The van der Waals surface area contributed by atoms with E-state index in [0.717, 1.165) is 12.1 Å². The molecular formula is C16H27N3O2. The number of methoxy groups -OCH3 is 1. The van der Waals surface area contributed by atoms with Gasteiger partial charge >= 0.3 is 0 Å². The number of hydrogen-bond acceptors (Lipinski definition) is 4. The Kier molecular flexibility index (Phi) is 6.81. The molecule has 118 valence electrons. The average molecular weight is 293 g/mol. The first kappa shape index (κ1) is 17.6. The largest absolute Gasteiger partial charge is 0.383 e. The standard InChI is InChI=1S/C16H27N3O2/c1-13(2)11-19(9-10-21-3)12-16(18,15(17)20)14-7-5-4-6-8-14/h4-8,13H,9-12,18H2,1-3H3,(H2,17,20). The maximum Gasteiger partial charge on any atom is 0.243 e. The molecule has 21 heavy (non-hydrogen) atoms. The van der Waals surface area contributed by atoms with Gasteiger partial charge in [0, 0.05) is 26.7 Å². The molecular weight excluding hydrogens is 266 g/mol. The van der Waals surface area contributed by atoms with Crippen LogP contribution in [-0.2, 0) is 15.1 Å². The summed E-state index contributed by atoms with van der Waals surface area (Å²) in [6.45, 7) is 6.79. The van der Waals surface area contributed by atoms with Crippen molar-refractivity contribution < 1.29 is 9.53 Å². The summed E-state index contributed by atoms with van der Waals surface area (Å²) in [4.78, 5) is 14.1. The van der Waals surface area contributed by atoms with Gasteiger partial charge in [-0.2, -0.15) is 0 Å². The number of ether oxygens (including phenoxy) is 1. The summed E-state index contributed by atoms with van der Waals surface area (Å²) >= 11 is 0. The fourth-order valence-electron chi connectivity index (χ4n) is 2.37. The first-order valence-electron chi connectivity index (χ1n) is 7.25. The predicted octanol–water partition coefficient (Wildman–Crippen LogP) is 0.930. The highest BCUT2D eigenvalue weighted by molar-refractivity contribution is 5.86. The molecule has 0 saturated carbocycles. The van der Waals surface area contributed by atoms with Crippen LogP contribution in [0.25, 0.3) is 0 Å². The van der Waals surface area contributed by atoms with Crippen molar-refractivity contribution in [1.82, 2.24) is 4.90 Å². The molecule has 0 spiro atoms. The fourth-order valence-corrected chi connectivity index (χ4v) is 2.37. The number of benzene rings is 1. The second-order valence-electron chi connectivity index (χ2n) is 5.82. The van der Waals surface area contributed by atoms with Gasteiger partial charge in [-0.25, -0.2) is 0 Å². The second-order valence-corrected chi connectivity index (χ2v) is 5.82. The quantitative estimate of drug-likeness (QED) is 0.709. The lowest BCUT2D eigenvalue weighted by Gasteiger charge is -2.34. The topological polar surface area (TPSA) is 81.6 Å². The lowest BCUT2D eigenvalue weighted by Crippen LogP contribution is -2.57. The van der Waals surface area contributed by atoms with Crippen LogP contribution in [0.3, 0.4) is 0 Å². The van der Waals surface area contributed by atoms with Gasteiger partial charge < -0.3 is 16.2 Å². The molecule has 1 rings (SSSR count). The molecule has 1 amide bonds. The number of carbonyl (C=O) groups excluding carboxylic acids is 1. The molecule has 4 N–H and O–H groups in total. The highest BCUT2D eigenvalue weighted by atomic mass is 16.5. The van der Waals surface area contributed by atoms with E-state index in [4.69, 9.17) is 16.2 Å². The molecule has 0 bridgehead atoms. The second kappa shape index (κ2) is 8.12. The average Bonchev–Trinajstić information content (AvgIpc) is 2.44. The molecule has 0 radical (unpaired) electrons. The molecule has 5 nitrogen and oxygen atoms in total. The van der Waals surface area contributed by atoms with Crippen LogP contribution in [0.1, 0.15) is 19.4 Å². The van der Waals surface area contributed by atoms with E-state index in [9.17, 15) is 4.79 Å².